The monoisotopic (exact) mass is 486 g/mol. The van der Waals surface area contributed by atoms with E-state index in [1.807, 2.05) is 79.9 Å². The van der Waals surface area contributed by atoms with Crippen LogP contribution in [0, 0.1) is 6.92 Å². The maximum Gasteiger partial charge on any atom is 0.345 e. The summed E-state index contributed by atoms with van der Waals surface area (Å²) in [5, 5.41) is 11.3. The van der Waals surface area contributed by atoms with Crippen molar-refractivity contribution in [1.82, 2.24) is 9.55 Å². The van der Waals surface area contributed by atoms with Gasteiger partial charge < -0.3 is 18.8 Å². The fourth-order valence-electron chi connectivity index (χ4n) is 4.06. The minimum absolute atomic E-state index is 0.259. The minimum atomic E-state index is -0.998. The molecule has 6 nitrogen and oxygen atoms in total. The summed E-state index contributed by atoms with van der Waals surface area (Å²) in [6.07, 6.45) is 1.28. The summed E-state index contributed by atoms with van der Waals surface area (Å²) in [6.45, 7) is 2.43. The van der Waals surface area contributed by atoms with Crippen LogP contribution >= 0.6 is 11.6 Å². The summed E-state index contributed by atoms with van der Waals surface area (Å²) in [4.78, 5) is 16.5. The highest BCUT2D eigenvalue weighted by molar-refractivity contribution is 6.33. The number of aliphatic carboxylic acids is 1. The molecule has 2 heterocycles. The van der Waals surface area contributed by atoms with Crippen molar-refractivity contribution in [3.05, 3.63) is 107 Å². The normalized spacial score (nSPS) is 12.1. The molecule has 1 unspecified atom stereocenters. The number of nitrogens with zero attached hydrogens (tertiary/aromatic N) is 2. The van der Waals surface area contributed by atoms with Gasteiger partial charge >= 0.3 is 5.97 Å². The van der Waals surface area contributed by atoms with E-state index in [-0.39, 0.29) is 6.42 Å². The topological polar surface area (TPSA) is 77.5 Å². The van der Waals surface area contributed by atoms with Gasteiger partial charge in [-0.05, 0) is 60.3 Å². The Balaban J connectivity index is 1.36. The van der Waals surface area contributed by atoms with E-state index in [0.717, 1.165) is 33.5 Å². The highest BCUT2D eigenvalue weighted by atomic mass is 35.5. The predicted octanol–water partition coefficient (Wildman–Crippen LogP) is 6.38. The van der Waals surface area contributed by atoms with E-state index in [4.69, 9.17) is 20.8 Å². The van der Waals surface area contributed by atoms with Crippen molar-refractivity contribution in [2.45, 2.75) is 26.0 Å². The third-order valence-electron chi connectivity index (χ3n) is 5.87. The molecule has 5 rings (SSSR count). The number of aryl methyl sites for hydroxylation is 1. The highest BCUT2D eigenvalue weighted by Crippen LogP contribution is 2.29. The molecule has 0 aliphatic heterocycles. The van der Waals surface area contributed by atoms with Crippen LogP contribution in [0.1, 0.15) is 17.0 Å². The third-order valence-corrected chi connectivity index (χ3v) is 6.20. The number of halogens is 1. The van der Waals surface area contributed by atoms with Gasteiger partial charge in [-0.2, -0.15) is 0 Å². The van der Waals surface area contributed by atoms with Crippen molar-refractivity contribution in [3.8, 4) is 17.2 Å². The highest BCUT2D eigenvalue weighted by Gasteiger charge is 2.21. The zero-order valence-electron chi connectivity index (χ0n) is 19.0. The molecule has 176 valence electrons. The average molecular weight is 487 g/mol. The SMILES string of the molecule is Cc1oc(-c2ccccc2Cl)nc1Cn1ccc2cc(CC(Oc3ccccc3)C(=O)O)ccc21. The molecule has 0 saturated carbocycles. The van der Waals surface area contributed by atoms with Gasteiger partial charge in [-0.3, -0.25) is 0 Å². The van der Waals surface area contributed by atoms with Crippen LogP contribution in [0.5, 0.6) is 5.75 Å². The van der Waals surface area contributed by atoms with Crippen LogP contribution in [0.15, 0.2) is 89.5 Å². The molecule has 1 atom stereocenters. The van der Waals surface area contributed by atoms with Gasteiger partial charge in [-0.25, -0.2) is 9.78 Å². The molecule has 0 aliphatic carbocycles. The zero-order chi connectivity index (χ0) is 24.4. The number of para-hydroxylation sites is 1. The predicted molar refractivity (Wildman–Crippen MR) is 135 cm³/mol. The van der Waals surface area contributed by atoms with Gasteiger partial charge in [-0.1, -0.05) is 48.0 Å². The number of aromatic nitrogens is 2. The Morgan fingerprint density at radius 3 is 2.63 bits per heavy atom. The van der Waals surface area contributed by atoms with E-state index in [2.05, 4.69) is 9.55 Å². The van der Waals surface area contributed by atoms with Crippen LogP contribution < -0.4 is 4.74 Å². The Morgan fingerprint density at radius 2 is 1.86 bits per heavy atom. The van der Waals surface area contributed by atoms with Crippen molar-refractivity contribution in [1.29, 1.82) is 0 Å². The number of benzene rings is 3. The zero-order valence-corrected chi connectivity index (χ0v) is 19.8. The van der Waals surface area contributed by atoms with Gasteiger partial charge in [0.1, 0.15) is 17.2 Å². The van der Waals surface area contributed by atoms with E-state index < -0.39 is 12.1 Å². The lowest BCUT2D eigenvalue weighted by Crippen LogP contribution is -2.29. The van der Waals surface area contributed by atoms with Crippen LogP contribution in [-0.4, -0.2) is 26.7 Å². The van der Waals surface area contributed by atoms with Crippen molar-refractivity contribution in [2.24, 2.45) is 0 Å². The Kier molecular flexibility index (Phi) is 6.29. The lowest BCUT2D eigenvalue weighted by molar-refractivity contribution is -0.145. The number of rotatable bonds is 8. The molecule has 35 heavy (non-hydrogen) atoms. The van der Waals surface area contributed by atoms with Crippen molar-refractivity contribution in [2.75, 3.05) is 0 Å². The quantitative estimate of drug-likeness (QED) is 0.275. The molecule has 0 spiro atoms. The van der Waals surface area contributed by atoms with Crippen LogP contribution in [0.4, 0.5) is 0 Å². The van der Waals surface area contributed by atoms with Crippen LogP contribution in [-0.2, 0) is 17.8 Å². The summed E-state index contributed by atoms with van der Waals surface area (Å²) in [7, 11) is 0. The van der Waals surface area contributed by atoms with Crippen molar-refractivity contribution in [3.63, 3.8) is 0 Å². The van der Waals surface area contributed by atoms with Gasteiger partial charge in [0.15, 0.2) is 6.10 Å². The number of hydrogen-bond acceptors (Lipinski definition) is 4. The number of carbonyl (C=O) groups is 1. The molecule has 3 aromatic carbocycles. The number of ether oxygens (including phenoxy) is 1. The lowest BCUT2D eigenvalue weighted by atomic mass is 10.1. The Bertz CT molecular complexity index is 1490. The first kappa shape index (κ1) is 22.7. The molecule has 0 aliphatic rings. The summed E-state index contributed by atoms with van der Waals surface area (Å²) in [5.74, 6) is 0.773. The molecular weight excluding hydrogens is 464 g/mol. The second kappa shape index (κ2) is 9.68. The smallest absolute Gasteiger partial charge is 0.345 e. The fraction of sp³-hybridized carbons (Fsp3) is 0.143. The van der Waals surface area contributed by atoms with Crippen LogP contribution in [0.25, 0.3) is 22.4 Å². The summed E-state index contributed by atoms with van der Waals surface area (Å²) < 4.78 is 13.7. The molecule has 2 aromatic heterocycles. The molecule has 0 saturated heterocycles. The van der Waals surface area contributed by atoms with Gasteiger partial charge in [0.05, 0.1) is 17.1 Å². The molecular formula is C28H23ClN2O4. The van der Waals surface area contributed by atoms with E-state index in [1.54, 1.807) is 12.1 Å². The molecule has 0 bridgehead atoms. The molecule has 7 heteroatoms. The summed E-state index contributed by atoms with van der Waals surface area (Å²) in [6, 6.07) is 24.4. The largest absolute Gasteiger partial charge is 0.478 e. The van der Waals surface area contributed by atoms with Crippen molar-refractivity contribution >= 4 is 28.5 Å². The third kappa shape index (κ3) is 4.93. The first-order chi connectivity index (χ1) is 17.0. The van der Waals surface area contributed by atoms with Crippen LogP contribution in [0.2, 0.25) is 5.02 Å². The van der Waals surface area contributed by atoms with Gasteiger partial charge in [0, 0.05) is 18.1 Å². The van der Waals surface area contributed by atoms with E-state index >= 15 is 0 Å². The minimum Gasteiger partial charge on any atom is -0.478 e. The van der Waals surface area contributed by atoms with E-state index in [0.29, 0.717) is 23.2 Å². The number of fused-ring (bicyclic) bond motifs is 1. The van der Waals surface area contributed by atoms with Crippen molar-refractivity contribution < 1.29 is 19.1 Å². The standard InChI is InChI=1S/C28H23ClN2O4/c1-18-24(30-27(34-18)22-9-5-6-10-23(22)29)17-31-14-13-20-15-19(11-12-25(20)31)16-26(28(32)33)35-21-7-3-2-4-8-21/h2-15,26H,16-17H2,1H3,(H,32,33). The number of carboxylic acid groups (broad SMARTS) is 1. The van der Waals surface area contributed by atoms with Gasteiger partial charge in [0.25, 0.3) is 0 Å². The second-order valence-electron chi connectivity index (χ2n) is 8.30. The van der Waals surface area contributed by atoms with Gasteiger partial charge in [-0.15, -0.1) is 0 Å². The average Bonchev–Trinajstić information content (AvgIpc) is 3.42. The summed E-state index contributed by atoms with van der Waals surface area (Å²) in [5.41, 5.74) is 3.49. The lowest BCUT2D eigenvalue weighted by Gasteiger charge is -2.15. The van der Waals surface area contributed by atoms with E-state index in [1.165, 1.54) is 0 Å². The Hall–Kier alpha value is -4.03. The fourth-order valence-corrected chi connectivity index (χ4v) is 4.27. The maximum absolute atomic E-state index is 11.8. The molecule has 0 fully saturated rings. The van der Waals surface area contributed by atoms with E-state index in [9.17, 15) is 9.90 Å². The molecule has 0 radical (unpaired) electrons. The maximum atomic E-state index is 11.8. The molecule has 0 amide bonds. The van der Waals surface area contributed by atoms with Gasteiger partial charge in [0.2, 0.25) is 5.89 Å². The number of hydrogen-bond donors (Lipinski definition) is 1. The number of carboxylic acids is 1. The first-order valence-electron chi connectivity index (χ1n) is 11.2. The Morgan fingerprint density at radius 1 is 1.09 bits per heavy atom. The number of oxazole rings is 1. The molecule has 1 N–H and O–H groups in total. The summed E-state index contributed by atoms with van der Waals surface area (Å²) >= 11 is 6.31. The first-order valence-corrected chi connectivity index (χ1v) is 11.6. The van der Waals surface area contributed by atoms with Crippen LogP contribution in [0.3, 0.4) is 0 Å². The Labute approximate surface area is 207 Å². The molecule has 5 aromatic rings. The second-order valence-corrected chi connectivity index (χ2v) is 8.71.